The van der Waals surface area contributed by atoms with Crippen LogP contribution in [0.25, 0.3) is 0 Å². The summed E-state index contributed by atoms with van der Waals surface area (Å²) in [4.78, 5) is 0. The van der Waals surface area contributed by atoms with Gasteiger partial charge < -0.3 is 5.11 Å². The number of halogens is 2. The van der Waals surface area contributed by atoms with Crippen LogP contribution in [0.15, 0.2) is 24.3 Å². The molecule has 0 spiro atoms. The second-order valence-electron chi connectivity index (χ2n) is 2.59. The number of aliphatic hydroxyl groups is 1. The summed E-state index contributed by atoms with van der Waals surface area (Å²) >= 11 is 5.65. The molecule has 1 rings (SSSR count). The van der Waals surface area contributed by atoms with Crippen molar-refractivity contribution in [2.75, 3.05) is 13.3 Å². The molecule has 3 heteroatoms. The van der Waals surface area contributed by atoms with Crippen LogP contribution in [-0.2, 0) is 0 Å². The Morgan fingerprint density at radius 2 is 1.92 bits per heavy atom. The first kappa shape index (κ1) is 9.49. The van der Waals surface area contributed by atoms with Crippen molar-refractivity contribution in [1.82, 2.24) is 0 Å². The predicted octanol–water partition coefficient (Wildman–Crippen LogP) is 2.39. The average molecular weight is 189 g/mol. The quantitative estimate of drug-likeness (QED) is 0.772. The summed E-state index contributed by atoms with van der Waals surface area (Å²) in [5, 5.41) is 9.40. The van der Waals surface area contributed by atoms with Crippen LogP contribution in [0.3, 0.4) is 0 Å². The molecule has 0 aliphatic carbocycles. The van der Waals surface area contributed by atoms with Gasteiger partial charge in [0.25, 0.3) is 0 Å². The third-order valence-electron chi connectivity index (χ3n) is 1.75. The molecule has 0 heterocycles. The fourth-order valence-electron chi connectivity index (χ4n) is 0.978. The molecule has 0 fully saturated rings. The van der Waals surface area contributed by atoms with Crippen LogP contribution in [0.5, 0.6) is 0 Å². The van der Waals surface area contributed by atoms with Gasteiger partial charge in [-0.05, 0) is 17.7 Å². The number of alkyl halides is 1. The molecule has 0 bridgehead atoms. The molecule has 1 aromatic carbocycles. The minimum Gasteiger partial charge on any atom is -0.396 e. The largest absolute Gasteiger partial charge is 0.396 e. The van der Waals surface area contributed by atoms with E-state index in [1.54, 1.807) is 24.3 Å². The Morgan fingerprint density at radius 3 is 2.33 bits per heavy atom. The monoisotopic (exact) mass is 188 g/mol. The third-order valence-corrected chi connectivity index (χ3v) is 2.00. The fourth-order valence-corrected chi connectivity index (χ4v) is 1.10. The number of benzene rings is 1. The van der Waals surface area contributed by atoms with Crippen LogP contribution in [0, 0.1) is 0 Å². The van der Waals surface area contributed by atoms with E-state index in [-0.39, 0.29) is 6.61 Å². The molecule has 0 saturated heterocycles. The summed E-state index contributed by atoms with van der Waals surface area (Å²) in [6.07, 6.45) is 0. The molecule has 0 aromatic heterocycles. The van der Waals surface area contributed by atoms with Crippen molar-refractivity contribution < 1.29 is 9.50 Å². The van der Waals surface area contributed by atoms with Crippen LogP contribution < -0.4 is 0 Å². The van der Waals surface area contributed by atoms with E-state index < -0.39 is 12.6 Å². The summed E-state index contributed by atoms with van der Waals surface area (Å²) in [6.45, 7) is -0.712. The van der Waals surface area contributed by atoms with Gasteiger partial charge in [-0.2, -0.15) is 0 Å². The van der Waals surface area contributed by atoms with Gasteiger partial charge in [-0.3, -0.25) is 4.39 Å². The minimum absolute atomic E-state index is 0.169. The van der Waals surface area contributed by atoms with E-state index in [4.69, 9.17) is 16.7 Å². The average Bonchev–Trinajstić information content (AvgIpc) is 2.10. The topological polar surface area (TPSA) is 20.2 Å². The van der Waals surface area contributed by atoms with Gasteiger partial charge in [-0.15, -0.1) is 0 Å². The molecule has 0 amide bonds. The van der Waals surface area contributed by atoms with Crippen molar-refractivity contribution in [2.24, 2.45) is 0 Å². The molecule has 66 valence electrons. The van der Waals surface area contributed by atoms with Crippen LogP contribution in [0.2, 0.25) is 5.02 Å². The maximum atomic E-state index is 12.3. The summed E-state index contributed by atoms with van der Waals surface area (Å²) < 4.78 is 12.3. The lowest BCUT2D eigenvalue weighted by molar-refractivity contribution is 0.241. The molecule has 0 saturated carbocycles. The van der Waals surface area contributed by atoms with Crippen LogP contribution >= 0.6 is 11.6 Å². The van der Waals surface area contributed by atoms with Gasteiger partial charge in [0.05, 0.1) is 13.3 Å². The van der Waals surface area contributed by atoms with Crippen LogP contribution in [-0.4, -0.2) is 18.4 Å². The molecule has 1 nitrogen and oxygen atoms in total. The highest BCUT2D eigenvalue weighted by molar-refractivity contribution is 6.30. The second kappa shape index (κ2) is 4.43. The Morgan fingerprint density at radius 1 is 1.33 bits per heavy atom. The van der Waals surface area contributed by atoms with Gasteiger partial charge in [-0.1, -0.05) is 23.7 Å². The molecular weight excluding hydrogens is 179 g/mol. The van der Waals surface area contributed by atoms with E-state index in [1.165, 1.54) is 0 Å². The van der Waals surface area contributed by atoms with Crippen LogP contribution in [0.4, 0.5) is 4.39 Å². The van der Waals surface area contributed by atoms with Crippen molar-refractivity contribution in [1.29, 1.82) is 0 Å². The molecule has 12 heavy (non-hydrogen) atoms. The molecule has 0 aliphatic heterocycles. The first-order valence-corrected chi connectivity index (χ1v) is 4.08. The number of aliphatic hydroxyl groups excluding tert-OH is 1. The Labute approximate surface area is 75.8 Å². The Hall–Kier alpha value is -0.600. The zero-order chi connectivity index (χ0) is 8.97. The highest BCUT2D eigenvalue weighted by atomic mass is 35.5. The molecule has 1 N–H and O–H groups in total. The van der Waals surface area contributed by atoms with Crippen LogP contribution in [0.1, 0.15) is 11.5 Å². The molecule has 1 unspecified atom stereocenters. The lowest BCUT2D eigenvalue weighted by Crippen LogP contribution is -2.05. The lowest BCUT2D eigenvalue weighted by atomic mass is 10.0. The number of hydrogen-bond acceptors (Lipinski definition) is 1. The molecular formula is C9H10ClFO. The van der Waals surface area contributed by atoms with Gasteiger partial charge in [0.2, 0.25) is 0 Å². The lowest BCUT2D eigenvalue weighted by Gasteiger charge is -2.09. The van der Waals surface area contributed by atoms with Gasteiger partial charge in [0.15, 0.2) is 0 Å². The standard InChI is InChI=1S/C9H10ClFO/c10-9-3-1-7(2-4-9)8(5-11)6-12/h1-4,8,12H,5-6H2. The van der Waals surface area contributed by atoms with Crippen molar-refractivity contribution >= 4 is 11.6 Å². The maximum absolute atomic E-state index is 12.3. The highest BCUT2D eigenvalue weighted by Crippen LogP contribution is 2.18. The van der Waals surface area contributed by atoms with E-state index >= 15 is 0 Å². The first-order chi connectivity index (χ1) is 5.77. The van der Waals surface area contributed by atoms with Gasteiger partial charge >= 0.3 is 0 Å². The Bertz CT molecular complexity index is 231. The smallest absolute Gasteiger partial charge is 0.0984 e. The number of hydrogen-bond donors (Lipinski definition) is 1. The zero-order valence-corrected chi connectivity index (χ0v) is 7.26. The van der Waals surface area contributed by atoms with Crippen molar-refractivity contribution in [3.05, 3.63) is 34.9 Å². The molecule has 0 radical (unpaired) electrons. The first-order valence-electron chi connectivity index (χ1n) is 3.70. The summed E-state index contributed by atoms with van der Waals surface area (Å²) in [5.41, 5.74) is 0.782. The molecule has 1 atom stereocenters. The fraction of sp³-hybridized carbons (Fsp3) is 0.333. The van der Waals surface area contributed by atoms with E-state index in [2.05, 4.69) is 0 Å². The van der Waals surface area contributed by atoms with Crippen molar-refractivity contribution in [3.8, 4) is 0 Å². The number of rotatable bonds is 3. The van der Waals surface area contributed by atoms with E-state index in [9.17, 15) is 4.39 Å². The van der Waals surface area contributed by atoms with Gasteiger partial charge in [0.1, 0.15) is 0 Å². The minimum atomic E-state index is -0.544. The van der Waals surface area contributed by atoms with Gasteiger partial charge in [-0.25, -0.2) is 0 Å². The zero-order valence-electron chi connectivity index (χ0n) is 6.50. The maximum Gasteiger partial charge on any atom is 0.0984 e. The summed E-state index contributed by atoms with van der Waals surface area (Å²) in [5.74, 6) is -0.415. The highest BCUT2D eigenvalue weighted by Gasteiger charge is 2.08. The summed E-state index contributed by atoms with van der Waals surface area (Å²) in [7, 11) is 0. The van der Waals surface area contributed by atoms with Crippen molar-refractivity contribution in [2.45, 2.75) is 5.92 Å². The normalized spacial score (nSPS) is 12.9. The molecule has 1 aromatic rings. The Kier molecular flexibility index (Phi) is 3.50. The molecule has 0 aliphatic rings. The Balaban J connectivity index is 2.80. The van der Waals surface area contributed by atoms with E-state index in [1.807, 2.05) is 0 Å². The van der Waals surface area contributed by atoms with E-state index in [0.29, 0.717) is 5.02 Å². The SMILES string of the molecule is OCC(CF)c1ccc(Cl)cc1. The van der Waals surface area contributed by atoms with Gasteiger partial charge in [0, 0.05) is 10.9 Å². The second-order valence-corrected chi connectivity index (χ2v) is 3.02. The predicted molar refractivity (Wildman–Crippen MR) is 47.3 cm³/mol. The third kappa shape index (κ3) is 2.19. The van der Waals surface area contributed by atoms with Crippen molar-refractivity contribution in [3.63, 3.8) is 0 Å². The summed E-state index contributed by atoms with van der Waals surface area (Å²) in [6, 6.07) is 6.83. The van der Waals surface area contributed by atoms with E-state index in [0.717, 1.165) is 5.56 Å².